The van der Waals surface area contributed by atoms with Crippen LogP contribution < -0.4 is 14.8 Å². The third kappa shape index (κ3) is 5.42. The fourth-order valence-electron chi connectivity index (χ4n) is 2.47. The van der Waals surface area contributed by atoms with Crippen LogP contribution in [0.25, 0.3) is 0 Å². The average molecular weight is 335 g/mol. The van der Waals surface area contributed by atoms with E-state index in [1.54, 1.807) is 36.3 Å². The molecule has 0 aliphatic carbocycles. The van der Waals surface area contributed by atoms with Crippen molar-refractivity contribution in [3.05, 3.63) is 24.3 Å². The van der Waals surface area contributed by atoms with E-state index in [1.807, 2.05) is 0 Å². The van der Waals surface area contributed by atoms with Crippen LogP contribution >= 0.6 is 0 Å². The molecule has 1 aliphatic heterocycles. The topological polar surface area (TPSA) is 71.1 Å². The van der Waals surface area contributed by atoms with Crippen molar-refractivity contribution in [2.24, 2.45) is 0 Å². The van der Waals surface area contributed by atoms with Gasteiger partial charge >= 0.3 is 0 Å². The highest BCUT2D eigenvalue weighted by Gasteiger charge is 2.20. The predicted molar refractivity (Wildman–Crippen MR) is 90.2 cm³/mol. The fraction of sp³-hybridized carbons (Fsp3) is 0.529. The first kappa shape index (κ1) is 18.1. The maximum atomic E-state index is 12.1. The minimum absolute atomic E-state index is 0.0108. The first-order valence-electron chi connectivity index (χ1n) is 8.16. The lowest BCUT2D eigenvalue weighted by Gasteiger charge is -2.34. The van der Waals surface area contributed by atoms with E-state index in [0.717, 1.165) is 25.4 Å². The summed E-state index contributed by atoms with van der Waals surface area (Å²) in [6, 6.07) is 6.97. The molecule has 24 heavy (non-hydrogen) atoms. The molecular formula is C17H25N3O4. The van der Waals surface area contributed by atoms with Crippen molar-refractivity contribution in [3.8, 4) is 11.5 Å². The smallest absolute Gasteiger partial charge is 0.258 e. The Labute approximate surface area is 142 Å². The monoisotopic (exact) mass is 335 g/mol. The number of amides is 2. The minimum Gasteiger partial charge on any atom is -0.497 e. The van der Waals surface area contributed by atoms with Crippen molar-refractivity contribution in [3.63, 3.8) is 0 Å². The van der Waals surface area contributed by atoms with Gasteiger partial charge in [0.25, 0.3) is 5.91 Å². The van der Waals surface area contributed by atoms with E-state index >= 15 is 0 Å². The summed E-state index contributed by atoms with van der Waals surface area (Å²) in [5.41, 5.74) is 0. The predicted octanol–water partition coefficient (Wildman–Crippen LogP) is 0.354. The molecule has 1 aromatic rings. The number of methoxy groups -OCH3 is 1. The van der Waals surface area contributed by atoms with Gasteiger partial charge < -0.3 is 24.6 Å². The van der Waals surface area contributed by atoms with Crippen LogP contribution in [0.15, 0.2) is 24.3 Å². The van der Waals surface area contributed by atoms with Gasteiger partial charge in [0.1, 0.15) is 11.5 Å². The molecule has 0 radical (unpaired) electrons. The Morgan fingerprint density at radius 1 is 1.08 bits per heavy atom. The van der Waals surface area contributed by atoms with Gasteiger partial charge in [-0.2, -0.15) is 0 Å². The number of hydrogen-bond donors (Lipinski definition) is 1. The molecule has 0 unspecified atom stereocenters. The highest BCUT2D eigenvalue weighted by Crippen LogP contribution is 2.16. The van der Waals surface area contributed by atoms with Gasteiger partial charge in [0.05, 0.1) is 13.7 Å². The number of nitrogens with zero attached hydrogens (tertiary/aromatic N) is 2. The molecule has 7 nitrogen and oxygen atoms in total. The van der Waals surface area contributed by atoms with Gasteiger partial charge in [-0.05, 0) is 30.8 Å². The van der Waals surface area contributed by atoms with Gasteiger partial charge in [0, 0.05) is 26.2 Å². The van der Waals surface area contributed by atoms with E-state index in [0.29, 0.717) is 18.8 Å². The van der Waals surface area contributed by atoms with Crippen LogP contribution in [0.3, 0.4) is 0 Å². The van der Waals surface area contributed by atoms with Crippen molar-refractivity contribution >= 4 is 11.8 Å². The first-order chi connectivity index (χ1) is 11.6. The number of ether oxygens (including phenoxy) is 2. The molecule has 1 N–H and O–H groups in total. The standard InChI is InChI=1S/C17H25N3O4/c1-3-19-8-10-20(11-9-19)17(22)12-18-16(21)13-24-15-6-4-14(23-2)5-7-15/h4-7H,3,8-13H2,1-2H3,(H,18,21). The lowest BCUT2D eigenvalue weighted by molar-refractivity contribution is -0.134. The Morgan fingerprint density at radius 2 is 1.71 bits per heavy atom. The molecule has 1 aromatic carbocycles. The molecule has 1 heterocycles. The molecule has 2 rings (SSSR count). The van der Waals surface area contributed by atoms with Gasteiger partial charge in [-0.1, -0.05) is 6.92 Å². The van der Waals surface area contributed by atoms with Gasteiger partial charge in [0.15, 0.2) is 6.61 Å². The summed E-state index contributed by atoms with van der Waals surface area (Å²) < 4.78 is 10.4. The number of nitrogens with one attached hydrogen (secondary N) is 1. The summed E-state index contributed by atoms with van der Waals surface area (Å²) in [6.45, 7) is 6.20. The highest BCUT2D eigenvalue weighted by molar-refractivity contribution is 5.85. The largest absolute Gasteiger partial charge is 0.497 e. The molecule has 1 aliphatic rings. The molecule has 0 bridgehead atoms. The normalized spacial score (nSPS) is 15.0. The number of rotatable bonds is 7. The molecule has 0 aromatic heterocycles. The molecular weight excluding hydrogens is 310 g/mol. The number of carbonyl (C=O) groups is 2. The number of hydrogen-bond acceptors (Lipinski definition) is 5. The summed E-state index contributed by atoms with van der Waals surface area (Å²) in [4.78, 5) is 28.0. The van der Waals surface area contributed by atoms with E-state index in [4.69, 9.17) is 9.47 Å². The van der Waals surface area contributed by atoms with Crippen LogP contribution in [0.2, 0.25) is 0 Å². The number of likely N-dealkylation sites (N-methyl/N-ethyl adjacent to an activating group) is 1. The minimum atomic E-state index is -0.314. The summed E-state index contributed by atoms with van der Waals surface area (Å²) in [5.74, 6) is 0.934. The molecule has 1 fully saturated rings. The zero-order valence-corrected chi connectivity index (χ0v) is 14.3. The quantitative estimate of drug-likeness (QED) is 0.779. The van der Waals surface area contributed by atoms with Gasteiger partial charge in [-0.3, -0.25) is 9.59 Å². The van der Waals surface area contributed by atoms with Gasteiger partial charge in [0.2, 0.25) is 5.91 Å². The molecule has 1 saturated heterocycles. The second kappa shape index (κ2) is 9.12. The summed E-state index contributed by atoms with van der Waals surface area (Å²) >= 11 is 0. The van der Waals surface area contributed by atoms with Crippen molar-refractivity contribution in [1.29, 1.82) is 0 Å². The SMILES string of the molecule is CCN1CCN(C(=O)CNC(=O)COc2ccc(OC)cc2)CC1. The maximum Gasteiger partial charge on any atom is 0.258 e. The van der Waals surface area contributed by atoms with Crippen molar-refractivity contribution in [1.82, 2.24) is 15.1 Å². The van der Waals surface area contributed by atoms with E-state index in [1.165, 1.54) is 0 Å². The zero-order valence-electron chi connectivity index (χ0n) is 14.3. The summed E-state index contributed by atoms with van der Waals surface area (Å²) in [6.07, 6.45) is 0. The third-order valence-corrected chi connectivity index (χ3v) is 4.04. The van der Waals surface area contributed by atoms with Crippen molar-refractivity contribution < 1.29 is 19.1 Å². The number of piperazine rings is 1. The lowest BCUT2D eigenvalue weighted by atomic mass is 10.3. The Kier molecular flexibility index (Phi) is 6.87. The van der Waals surface area contributed by atoms with Crippen LogP contribution in [-0.2, 0) is 9.59 Å². The van der Waals surface area contributed by atoms with E-state index < -0.39 is 0 Å². The van der Waals surface area contributed by atoms with Gasteiger partial charge in [-0.15, -0.1) is 0 Å². The molecule has 7 heteroatoms. The number of benzene rings is 1. The second-order valence-corrected chi connectivity index (χ2v) is 5.56. The van der Waals surface area contributed by atoms with Crippen molar-refractivity contribution in [2.45, 2.75) is 6.92 Å². The highest BCUT2D eigenvalue weighted by atomic mass is 16.5. The third-order valence-electron chi connectivity index (χ3n) is 4.04. The van der Waals surface area contributed by atoms with Crippen LogP contribution in [-0.4, -0.2) is 74.6 Å². The van der Waals surface area contributed by atoms with Crippen LogP contribution in [0, 0.1) is 0 Å². The Morgan fingerprint density at radius 3 is 2.29 bits per heavy atom. The van der Waals surface area contributed by atoms with E-state index in [-0.39, 0.29) is 25.0 Å². The maximum absolute atomic E-state index is 12.1. The fourth-order valence-corrected chi connectivity index (χ4v) is 2.47. The summed E-state index contributed by atoms with van der Waals surface area (Å²) in [5, 5.41) is 2.60. The zero-order chi connectivity index (χ0) is 17.4. The van der Waals surface area contributed by atoms with E-state index in [2.05, 4.69) is 17.1 Å². The van der Waals surface area contributed by atoms with Gasteiger partial charge in [-0.25, -0.2) is 0 Å². The van der Waals surface area contributed by atoms with E-state index in [9.17, 15) is 9.59 Å². The van der Waals surface area contributed by atoms with Crippen LogP contribution in [0.4, 0.5) is 0 Å². The Balaban J connectivity index is 1.66. The van der Waals surface area contributed by atoms with Crippen molar-refractivity contribution in [2.75, 3.05) is 53.0 Å². The average Bonchev–Trinajstić information content (AvgIpc) is 2.64. The lowest BCUT2D eigenvalue weighted by Crippen LogP contribution is -2.51. The molecule has 0 atom stereocenters. The number of carbonyl (C=O) groups excluding carboxylic acids is 2. The molecule has 2 amide bonds. The van der Waals surface area contributed by atoms with Crippen LogP contribution in [0.1, 0.15) is 6.92 Å². The molecule has 0 saturated carbocycles. The van der Waals surface area contributed by atoms with Crippen LogP contribution in [0.5, 0.6) is 11.5 Å². The summed E-state index contributed by atoms with van der Waals surface area (Å²) in [7, 11) is 1.59. The molecule has 132 valence electrons. The Bertz CT molecular complexity index is 539. The molecule has 0 spiro atoms. The Hall–Kier alpha value is -2.28. The first-order valence-corrected chi connectivity index (χ1v) is 8.16. The second-order valence-electron chi connectivity index (χ2n) is 5.56.